The summed E-state index contributed by atoms with van der Waals surface area (Å²) in [4.78, 5) is 14.4. The second-order valence-electron chi connectivity index (χ2n) is 4.79. The highest BCUT2D eigenvalue weighted by molar-refractivity contribution is 5.94. The minimum Gasteiger partial charge on any atom is -0.481 e. The lowest BCUT2D eigenvalue weighted by Crippen LogP contribution is -2.00. The van der Waals surface area contributed by atoms with E-state index in [1.165, 1.54) is 0 Å². The summed E-state index contributed by atoms with van der Waals surface area (Å²) < 4.78 is 0. The van der Waals surface area contributed by atoms with E-state index in [2.05, 4.69) is 11.1 Å². The molecular formula is C17H12N2O2. The number of benzene rings is 2. The van der Waals surface area contributed by atoms with Crippen LogP contribution in [-0.4, -0.2) is 16.1 Å². The van der Waals surface area contributed by atoms with E-state index in [4.69, 9.17) is 10.4 Å². The first-order chi connectivity index (χ1) is 10.2. The SMILES string of the molecule is N#Cc1ccc2[nH]c(-c3ccccc3)c(CC(=O)O)c2c1. The van der Waals surface area contributed by atoms with E-state index in [1.54, 1.807) is 12.1 Å². The maximum atomic E-state index is 11.2. The van der Waals surface area contributed by atoms with Crippen LogP contribution >= 0.6 is 0 Å². The zero-order valence-corrected chi connectivity index (χ0v) is 11.1. The van der Waals surface area contributed by atoms with E-state index in [0.717, 1.165) is 22.2 Å². The lowest BCUT2D eigenvalue weighted by atomic mass is 10.0. The number of carboxylic acids is 1. The number of hydrogen-bond donors (Lipinski definition) is 2. The van der Waals surface area contributed by atoms with Crippen molar-refractivity contribution in [3.63, 3.8) is 0 Å². The number of nitrogens with one attached hydrogen (secondary N) is 1. The van der Waals surface area contributed by atoms with Crippen molar-refractivity contribution in [2.45, 2.75) is 6.42 Å². The molecule has 0 saturated heterocycles. The highest BCUT2D eigenvalue weighted by atomic mass is 16.4. The van der Waals surface area contributed by atoms with Gasteiger partial charge in [-0.1, -0.05) is 30.3 Å². The van der Waals surface area contributed by atoms with Crippen LogP contribution in [0.15, 0.2) is 48.5 Å². The summed E-state index contributed by atoms with van der Waals surface area (Å²) in [5.74, 6) is -0.893. The number of nitriles is 1. The molecule has 0 radical (unpaired) electrons. The fourth-order valence-corrected chi connectivity index (χ4v) is 2.50. The number of rotatable bonds is 3. The number of aromatic nitrogens is 1. The summed E-state index contributed by atoms with van der Waals surface area (Å²) in [5.41, 5.74) is 3.80. The van der Waals surface area contributed by atoms with Crippen LogP contribution in [-0.2, 0) is 11.2 Å². The van der Waals surface area contributed by atoms with Gasteiger partial charge >= 0.3 is 5.97 Å². The Labute approximate surface area is 121 Å². The number of fused-ring (bicyclic) bond motifs is 1. The second kappa shape index (κ2) is 5.14. The quantitative estimate of drug-likeness (QED) is 0.770. The standard InChI is InChI=1S/C17H12N2O2/c18-10-11-6-7-15-13(8-11)14(9-16(20)21)17(19-15)12-4-2-1-3-5-12/h1-8,19H,9H2,(H,20,21). The zero-order valence-electron chi connectivity index (χ0n) is 11.1. The molecule has 0 aliphatic rings. The van der Waals surface area contributed by atoms with Gasteiger partial charge in [-0.15, -0.1) is 0 Å². The number of aromatic amines is 1. The minimum absolute atomic E-state index is 0.0842. The molecule has 0 spiro atoms. The van der Waals surface area contributed by atoms with Gasteiger partial charge in [0.25, 0.3) is 0 Å². The fraction of sp³-hybridized carbons (Fsp3) is 0.0588. The van der Waals surface area contributed by atoms with Gasteiger partial charge in [0, 0.05) is 10.9 Å². The monoisotopic (exact) mass is 276 g/mol. The predicted molar refractivity (Wildman–Crippen MR) is 79.8 cm³/mol. The summed E-state index contributed by atoms with van der Waals surface area (Å²) in [7, 11) is 0. The van der Waals surface area contributed by atoms with Crippen molar-refractivity contribution in [2.75, 3.05) is 0 Å². The van der Waals surface area contributed by atoms with Crippen molar-refractivity contribution < 1.29 is 9.90 Å². The van der Waals surface area contributed by atoms with Crippen LogP contribution in [0.5, 0.6) is 0 Å². The first kappa shape index (κ1) is 12.9. The van der Waals surface area contributed by atoms with Crippen molar-refractivity contribution >= 4 is 16.9 Å². The third-order valence-electron chi connectivity index (χ3n) is 3.43. The molecule has 4 nitrogen and oxygen atoms in total. The Morgan fingerprint density at radius 1 is 1.19 bits per heavy atom. The molecular weight excluding hydrogens is 264 g/mol. The lowest BCUT2D eigenvalue weighted by molar-refractivity contribution is -0.136. The summed E-state index contributed by atoms with van der Waals surface area (Å²) in [6.45, 7) is 0. The van der Waals surface area contributed by atoms with Gasteiger partial charge in [-0.2, -0.15) is 5.26 Å². The molecule has 0 atom stereocenters. The Balaban J connectivity index is 2.29. The average molecular weight is 276 g/mol. The van der Waals surface area contributed by atoms with Gasteiger partial charge in [0.15, 0.2) is 0 Å². The van der Waals surface area contributed by atoms with E-state index in [-0.39, 0.29) is 6.42 Å². The smallest absolute Gasteiger partial charge is 0.307 e. The van der Waals surface area contributed by atoms with Crippen LogP contribution in [0.25, 0.3) is 22.2 Å². The number of aliphatic carboxylic acids is 1. The van der Waals surface area contributed by atoms with Crippen molar-refractivity contribution in [2.24, 2.45) is 0 Å². The average Bonchev–Trinajstić information content (AvgIpc) is 2.85. The highest BCUT2D eigenvalue weighted by Gasteiger charge is 2.16. The Morgan fingerprint density at radius 2 is 1.95 bits per heavy atom. The fourth-order valence-electron chi connectivity index (χ4n) is 2.50. The van der Waals surface area contributed by atoms with Gasteiger partial charge in [-0.3, -0.25) is 4.79 Å². The molecule has 0 saturated carbocycles. The van der Waals surface area contributed by atoms with Crippen molar-refractivity contribution in [3.8, 4) is 17.3 Å². The van der Waals surface area contributed by atoms with Gasteiger partial charge < -0.3 is 10.1 Å². The molecule has 0 aliphatic heterocycles. The maximum Gasteiger partial charge on any atom is 0.307 e. The van der Waals surface area contributed by atoms with Gasteiger partial charge in [-0.25, -0.2) is 0 Å². The van der Waals surface area contributed by atoms with Crippen LogP contribution in [0, 0.1) is 11.3 Å². The van der Waals surface area contributed by atoms with Crippen LogP contribution in [0.1, 0.15) is 11.1 Å². The lowest BCUT2D eigenvalue weighted by Gasteiger charge is -2.02. The zero-order chi connectivity index (χ0) is 14.8. The molecule has 3 aromatic rings. The van der Waals surface area contributed by atoms with Crippen molar-refractivity contribution in [1.82, 2.24) is 4.98 Å². The minimum atomic E-state index is -0.893. The molecule has 21 heavy (non-hydrogen) atoms. The molecule has 1 heterocycles. The molecule has 0 bridgehead atoms. The van der Waals surface area contributed by atoms with Crippen LogP contribution in [0.4, 0.5) is 0 Å². The largest absolute Gasteiger partial charge is 0.481 e. The third-order valence-corrected chi connectivity index (χ3v) is 3.43. The van der Waals surface area contributed by atoms with E-state index in [0.29, 0.717) is 11.1 Å². The van der Waals surface area contributed by atoms with E-state index < -0.39 is 5.97 Å². The Bertz CT molecular complexity index is 858. The second-order valence-corrected chi connectivity index (χ2v) is 4.79. The number of carboxylic acid groups (broad SMARTS) is 1. The summed E-state index contributed by atoms with van der Waals surface area (Å²) in [5, 5.41) is 19.0. The Morgan fingerprint density at radius 3 is 2.62 bits per heavy atom. The first-order valence-corrected chi connectivity index (χ1v) is 6.51. The van der Waals surface area contributed by atoms with Gasteiger partial charge in [-0.05, 0) is 29.3 Å². The highest BCUT2D eigenvalue weighted by Crippen LogP contribution is 2.31. The molecule has 4 heteroatoms. The summed E-state index contributed by atoms with van der Waals surface area (Å²) >= 11 is 0. The molecule has 0 unspecified atom stereocenters. The topological polar surface area (TPSA) is 76.9 Å². The van der Waals surface area contributed by atoms with Crippen LogP contribution in [0.2, 0.25) is 0 Å². The molecule has 1 aromatic heterocycles. The van der Waals surface area contributed by atoms with Crippen molar-refractivity contribution in [1.29, 1.82) is 5.26 Å². The Kier molecular flexibility index (Phi) is 3.17. The van der Waals surface area contributed by atoms with E-state index in [9.17, 15) is 4.79 Å². The first-order valence-electron chi connectivity index (χ1n) is 6.51. The molecule has 0 fully saturated rings. The van der Waals surface area contributed by atoms with Crippen LogP contribution < -0.4 is 0 Å². The predicted octanol–water partition coefficient (Wildman–Crippen LogP) is 3.33. The number of hydrogen-bond acceptors (Lipinski definition) is 2. The molecule has 0 aliphatic carbocycles. The summed E-state index contributed by atoms with van der Waals surface area (Å²) in [6, 6.07) is 16.9. The van der Waals surface area contributed by atoms with E-state index >= 15 is 0 Å². The maximum absolute atomic E-state index is 11.2. The van der Waals surface area contributed by atoms with E-state index in [1.807, 2.05) is 36.4 Å². The molecule has 3 rings (SSSR count). The normalized spacial score (nSPS) is 10.4. The van der Waals surface area contributed by atoms with Crippen LogP contribution in [0.3, 0.4) is 0 Å². The van der Waals surface area contributed by atoms with Crippen molar-refractivity contribution in [3.05, 3.63) is 59.7 Å². The Hall–Kier alpha value is -3.06. The number of nitrogens with zero attached hydrogens (tertiary/aromatic N) is 1. The number of H-pyrrole nitrogens is 1. The van der Waals surface area contributed by atoms with Gasteiger partial charge in [0.1, 0.15) is 0 Å². The summed E-state index contributed by atoms with van der Waals surface area (Å²) in [6.07, 6.45) is -0.0842. The third kappa shape index (κ3) is 2.37. The molecule has 2 N–H and O–H groups in total. The molecule has 102 valence electrons. The van der Waals surface area contributed by atoms with Gasteiger partial charge in [0.2, 0.25) is 0 Å². The van der Waals surface area contributed by atoms with Gasteiger partial charge in [0.05, 0.1) is 23.7 Å². The molecule has 2 aromatic carbocycles. The molecule has 0 amide bonds. The number of carbonyl (C=O) groups is 1.